The third-order valence-electron chi connectivity index (χ3n) is 19.7. The van der Waals surface area contributed by atoms with Crippen LogP contribution in [0.3, 0.4) is 0 Å². The number of urea groups is 1. The number of fused-ring (bicyclic) bond motifs is 1. The molecule has 16 amide bonds. The molecule has 13 atom stereocenters. The van der Waals surface area contributed by atoms with Gasteiger partial charge in [-0.2, -0.15) is 25.3 Å². The van der Waals surface area contributed by atoms with Gasteiger partial charge in [-0.1, -0.05) is 47.7 Å². The number of nitrogens with two attached hydrogens (primary N) is 5. The molecule has 1 aliphatic rings. The molecule has 125 heavy (non-hydrogen) atoms. The number of H-pyrrole nitrogens is 1. The molecular formula is C77H108N24O22S2. The van der Waals surface area contributed by atoms with Gasteiger partial charge in [-0.15, -0.1) is 5.10 Å². The maximum Gasteiger partial charge on any atom is 0.326 e. The van der Waals surface area contributed by atoms with Crippen molar-refractivity contribution in [3.63, 3.8) is 0 Å². The topological polar surface area (TPSA) is 751 Å². The molecule has 30 N–H and O–H groups in total. The summed E-state index contributed by atoms with van der Waals surface area (Å²) in [6.07, 6.45) is -2.08. The van der Waals surface area contributed by atoms with Crippen molar-refractivity contribution in [3.05, 3.63) is 108 Å². The number of carboxylic acid groups (broad SMARTS) is 2. The zero-order valence-corrected chi connectivity index (χ0v) is 69.9. The van der Waals surface area contributed by atoms with Crippen molar-refractivity contribution in [2.45, 2.75) is 195 Å². The molecule has 5 aromatic rings. The Hall–Kier alpha value is -13.4. The van der Waals surface area contributed by atoms with E-state index in [1.54, 1.807) is 30.5 Å². The lowest BCUT2D eigenvalue weighted by Crippen LogP contribution is -2.62. The number of aromatic amines is 1. The highest BCUT2D eigenvalue weighted by atomic mass is 32.1. The number of thiol groups is 2. The molecule has 1 unspecified atom stereocenters. The molecule has 3 aromatic carbocycles. The summed E-state index contributed by atoms with van der Waals surface area (Å²) in [5, 5.41) is 99.5. The number of carbonyl (C=O) groups is 17. The fraction of sp³-hybridized carbons (Fsp3) is 0.481. The van der Waals surface area contributed by atoms with Gasteiger partial charge in [-0.05, 0) is 112 Å². The first-order valence-electron chi connectivity index (χ1n) is 39.7. The molecule has 1 saturated heterocycles. The summed E-state index contributed by atoms with van der Waals surface area (Å²) >= 11 is 8.46. The predicted molar refractivity (Wildman–Crippen MR) is 451 cm³/mol. The lowest BCUT2D eigenvalue weighted by atomic mass is 10.0. The monoisotopic (exact) mass is 1780 g/mol. The maximum absolute atomic E-state index is 14.7. The van der Waals surface area contributed by atoms with Crippen LogP contribution in [0.5, 0.6) is 11.5 Å². The fourth-order valence-corrected chi connectivity index (χ4v) is 13.7. The van der Waals surface area contributed by atoms with Gasteiger partial charge in [0.05, 0.1) is 24.8 Å². The Morgan fingerprint density at radius 2 is 1.06 bits per heavy atom. The quantitative estimate of drug-likeness (QED) is 0.00745. The molecule has 0 aliphatic carbocycles. The molecule has 1 aliphatic heterocycles. The molecule has 0 bridgehead atoms. The van der Waals surface area contributed by atoms with Crippen molar-refractivity contribution in [1.29, 1.82) is 5.41 Å². The first-order valence-corrected chi connectivity index (χ1v) is 41.0. The van der Waals surface area contributed by atoms with Crippen LogP contribution >= 0.6 is 25.3 Å². The summed E-state index contributed by atoms with van der Waals surface area (Å²) in [6.45, 7) is 0.150. The first-order chi connectivity index (χ1) is 59.4. The Kier molecular flexibility index (Phi) is 40.4. The van der Waals surface area contributed by atoms with E-state index in [1.807, 2.05) is 0 Å². The Morgan fingerprint density at radius 1 is 0.552 bits per heavy atom. The fourth-order valence-electron chi connectivity index (χ4n) is 13.2. The van der Waals surface area contributed by atoms with Crippen molar-refractivity contribution in [2.75, 3.05) is 37.7 Å². The van der Waals surface area contributed by atoms with Gasteiger partial charge in [0, 0.05) is 99.5 Å². The summed E-state index contributed by atoms with van der Waals surface area (Å²) in [6, 6.07) is -1.77. The number of nitrogens with one attached hydrogen (secondary N) is 15. The SMILES string of the molecule is C[C@@H](O)[C@H](NC(=O)[C@H](Cc1cn(CCCCC(=O)N[C@@H](Cc2ccc(O)cc2)C(=O)N[C@H](Cc2ccc(O)cc2)C(=O)O)nn1)NC(=O)[C@H](CS)NC(=O)CN)C(=O)N[C@@H](CC(=O)O)C(=O)N1CCCC1C(=O)N[C@@H](CCCNC(=N)N)C(=O)N[C@@H](CS)C(=O)N[C@@H](CCCNC(N)=O)C(=O)N[C@@H](Cc1c[nH]c2ccccc12)C(=O)N[C@@H](CCC(N)=O)C(N)=O. The molecule has 0 saturated carbocycles. The van der Waals surface area contributed by atoms with E-state index in [-0.39, 0.29) is 139 Å². The molecule has 680 valence electrons. The number of phenols is 2. The van der Waals surface area contributed by atoms with Crippen molar-refractivity contribution in [2.24, 2.45) is 28.7 Å². The number of phenolic OH excluding ortho intramolecular Hbond substituents is 2. The summed E-state index contributed by atoms with van der Waals surface area (Å²) in [5.74, 6) is -18.3. The standard InChI is InChI=1S/C77H108N24O22S2/c1-39(102)63(97-69(115)53(93-70(116)56(37-124)88-61(107)34-78)32-43-36-100(99-98-43)27-5-4-14-60(106)87-51(29-40-15-19-44(103)20-16-40)67(113)95-55(75(121)122)30-41-17-21-45(104)22-18-41)73(119)94-54(33-62(108)109)74(120)101-28-8-13-58(101)72(118)91-50(11-6-25-84-76(81)82)66(112)96-57(38-125)71(117)90-49(12-7-26-85-77(83)123)65(111)92-52(31-42-35-86-47-10-3-2-9-46(42)47)68(114)89-48(64(80)110)23-24-59(79)105/h2-3,9-10,15-22,35-36,39,48-58,63,86,102-104,124-125H,4-8,11-14,23-34,37-38,78H2,1H3,(H2,79,105)(H2,80,110)(H,87,106)(H,88,107)(H,89,114)(H,90,117)(H,91,118)(H,92,111)(H,93,116)(H,94,119)(H,95,113)(H,96,112)(H,97,115)(H,108,109)(H,121,122)(H4,81,82,84)(H3,83,85,123)/t39-,48+,49+,50+,51+,52+,53+,54+,55-,56+,57+,58?,63+/m1/s1. The number of primary amides is 3. The molecular weight excluding hydrogens is 1680 g/mol. The summed E-state index contributed by atoms with van der Waals surface area (Å²) < 4.78 is 1.32. The third-order valence-corrected chi connectivity index (χ3v) is 20.4. The van der Waals surface area contributed by atoms with E-state index in [1.165, 1.54) is 59.4 Å². The molecule has 3 heterocycles. The number of aliphatic hydroxyl groups is 1. The number of amides is 16. The van der Waals surface area contributed by atoms with E-state index in [0.29, 0.717) is 27.6 Å². The highest BCUT2D eigenvalue weighted by Crippen LogP contribution is 2.23. The summed E-state index contributed by atoms with van der Waals surface area (Å²) in [7, 11) is 0. The number of benzene rings is 3. The lowest BCUT2D eigenvalue weighted by molar-refractivity contribution is -0.146. The Balaban J connectivity index is 1.15. The number of aromatic nitrogens is 4. The zero-order valence-electron chi connectivity index (χ0n) is 68.1. The normalized spacial score (nSPS) is 15.2. The predicted octanol–water partition coefficient (Wildman–Crippen LogP) is -6.84. The second-order valence-electron chi connectivity index (χ2n) is 29.4. The van der Waals surface area contributed by atoms with E-state index < -0.39 is 210 Å². The highest BCUT2D eigenvalue weighted by Gasteiger charge is 2.43. The Labute approximate surface area is 726 Å². The van der Waals surface area contributed by atoms with Crippen molar-refractivity contribution in [3.8, 4) is 11.5 Å². The average Bonchev–Trinajstić information content (AvgIpc) is 1.65. The number of carboxylic acids is 2. The number of hydrogen-bond donors (Lipinski definition) is 27. The van der Waals surface area contributed by atoms with Crippen molar-refractivity contribution in [1.82, 2.24) is 94.0 Å². The highest BCUT2D eigenvalue weighted by molar-refractivity contribution is 7.80. The van der Waals surface area contributed by atoms with Crippen LogP contribution in [0.4, 0.5) is 4.79 Å². The van der Waals surface area contributed by atoms with E-state index >= 15 is 0 Å². The summed E-state index contributed by atoms with van der Waals surface area (Å²) in [4.78, 5) is 234. The third kappa shape index (κ3) is 33.4. The molecule has 46 nitrogen and oxygen atoms in total. The number of carbonyl (C=O) groups excluding carboxylic acids is 15. The van der Waals surface area contributed by atoms with Gasteiger partial charge in [0.15, 0.2) is 5.96 Å². The Morgan fingerprint density at radius 3 is 1.62 bits per heavy atom. The number of aliphatic carboxylic acids is 2. The molecule has 0 radical (unpaired) electrons. The van der Waals surface area contributed by atoms with Crippen LogP contribution in [-0.2, 0) is 109 Å². The minimum atomic E-state index is -2.06. The molecule has 2 aromatic heterocycles. The number of rotatable bonds is 53. The van der Waals surface area contributed by atoms with E-state index in [9.17, 15) is 107 Å². The van der Waals surface area contributed by atoms with Gasteiger partial charge in [0.1, 0.15) is 84.0 Å². The number of unbranched alkanes of at least 4 members (excludes halogenated alkanes) is 1. The van der Waals surface area contributed by atoms with Crippen LogP contribution in [0.25, 0.3) is 10.9 Å². The van der Waals surface area contributed by atoms with E-state index in [0.717, 1.165) is 11.8 Å². The first kappa shape index (κ1) is 100. The smallest absolute Gasteiger partial charge is 0.326 e. The number of nitrogens with zero attached hydrogens (tertiary/aromatic N) is 4. The van der Waals surface area contributed by atoms with Crippen LogP contribution in [0.2, 0.25) is 0 Å². The number of hydrogen-bond acceptors (Lipinski definition) is 26. The number of aliphatic hydroxyl groups excluding tert-OH is 1. The second-order valence-corrected chi connectivity index (χ2v) is 30.1. The van der Waals surface area contributed by atoms with Crippen molar-refractivity contribution < 1.29 is 107 Å². The number of guanidine groups is 1. The second kappa shape index (κ2) is 50.3. The average molecular weight is 1790 g/mol. The minimum Gasteiger partial charge on any atom is -0.508 e. The molecule has 1 fully saturated rings. The van der Waals surface area contributed by atoms with Gasteiger partial charge in [-0.3, -0.25) is 82.0 Å². The summed E-state index contributed by atoms with van der Waals surface area (Å²) in [5.41, 5.74) is 29.3. The molecule has 0 spiro atoms. The van der Waals surface area contributed by atoms with Crippen LogP contribution in [0.1, 0.15) is 106 Å². The maximum atomic E-state index is 14.7. The number of aromatic hydroxyl groups is 2. The number of aryl methyl sites for hydroxylation is 1. The van der Waals surface area contributed by atoms with Crippen LogP contribution in [-0.4, -0.2) is 273 Å². The van der Waals surface area contributed by atoms with Crippen molar-refractivity contribution >= 4 is 143 Å². The lowest BCUT2D eigenvalue weighted by Gasteiger charge is -2.31. The van der Waals surface area contributed by atoms with E-state index in [2.05, 4.69) is 110 Å². The minimum absolute atomic E-state index is 0.00579. The van der Waals surface area contributed by atoms with Gasteiger partial charge >= 0.3 is 18.0 Å². The number of para-hydroxylation sites is 1. The number of likely N-dealkylation sites (tertiary alicyclic amines) is 1. The van der Waals surface area contributed by atoms with Gasteiger partial charge in [0.2, 0.25) is 82.7 Å². The Bertz CT molecular complexity index is 4630. The van der Waals surface area contributed by atoms with Gasteiger partial charge in [0.25, 0.3) is 0 Å². The van der Waals surface area contributed by atoms with Crippen LogP contribution in [0, 0.1) is 5.41 Å². The molecule has 48 heteroatoms. The van der Waals surface area contributed by atoms with Crippen LogP contribution in [0.15, 0.2) is 85.2 Å². The molecule has 6 rings (SSSR count). The van der Waals surface area contributed by atoms with E-state index in [4.69, 9.17) is 34.1 Å². The van der Waals surface area contributed by atoms with Gasteiger partial charge in [-0.25, -0.2) is 9.59 Å². The van der Waals surface area contributed by atoms with Gasteiger partial charge < -0.3 is 133 Å². The zero-order chi connectivity index (χ0) is 92.1. The largest absolute Gasteiger partial charge is 0.508 e. The van der Waals surface area contributed by atoms with Crippen LogP contribution < -0.4 is 97.8 Å².